The molecule has 4 heteroatoms. The normalized spacial score (nSPS) is 10.0. The summed E-state index contributed by atoms with van der Waals surface area (Å²) < 4.78 is 5.07. The topological polar surface area (TPSA) is 58.6 Å². The number of amides is 1. The van der Waals surface area contributed by atoms with E-state index in [9.17, 15) is 9.90 Å². The molecule has 0 radical (unpaired) electrons. The minimum Gasteiger partial charge on any atom is -0.506 e. The summed E-state index contributed by atoms with van der Waals surface area (Å²) >= 11 is 0. The molecule has 1 amide bonds. The summed E-state index contributed by atoms with van der Waals surface area (Å²) in [4.78, 5) is 12.0. The maximum atomic E-state index is 12.0. The van der Waals surface area contributed by atoms with Crippen LogP contribution in [0.1, 0.15) is 15.9 Å². The van der Waals surface area contributed by atoms with Crippen molar-refractivity contribution in [2.45, 2.75) is 6.92 Å². The van der Waals surface area contributed by atoms with Gasteiger partial charge in [0.25, 0.3) is 5.91 Å². The van der Waals surface area contributed by atoms with Gasteiger partial charge < -0.3 is 15.2 Å². The molecule has 0 saturated heterocycles. The summed E-state index contributed by atoms with van der Waals surface area (Å²) in [5, 5.41) is 12.4. The van der Waals surface area contributed by atoms with Crippen molar-refractivity contribution in [1.82, 2.24) is 0 Å². The van der Waals surface area contributed by atoms with Gasteiger partial charge in [-0.05, 0) is 42.8 Å². The first kappa shape index (κ1) is 13.0. The van der Waals surface area contributed by atoms with Gasteiger partial charge in [-0.2, -0.15) is 0 Å². The predicted molar refractivity (Wildman–Crippen MR) is 73.8 cm³/mol. The van der Waals surface area contributed by atoms with Gasteiger partial charge in [-0.15, -0.1) is 0 Å². The fourth-order valence-electron chi connectivity index (χ4n) is 1.71. The third-order valence-electron chi connectivity index (χ3n) is 2.73. The van der Waals surface area contributed by atoms with Crippen LogP contribution in [0.3, 0.4) is 0 Å². The lowest BCUT2D eigenvalue weighted by molar-refractivity contribution is 0.102. The molecule has 0 unspecified atom stereocenters. The second-order valence-corrected chi connectivity index (χ2v) is 4.21. The van der Waals surface area contributed by atoms with Gasteiger partial charge in [0.1, 0.15) is 11.5 Å². The molecule has 4 nitrogen and oxygen atoms in total. The minimum absolute atomic E-state index is 0.0521. The molecular formula is C15H15NO3. The number of benzene rings is 2. The molecule has 0 aromatic heterocycles. The van der Waals surface area contributed by atoms with Gasteiger partial charge >= 0.3 is 0 Å². The Morgan fingerprint density at radius 3 is 2.68 bits per heavy atom. The van der Waals surface area contributed by atoms with Crippen LogP contribution >= 0.6 is 0 Å². The Morgan fingerprint density at radius 1 is 1.21 bits per heavy atom. The first-order chi connectivity index (χ1) is 9.10. The Hall–Kier alpha value is -2.49. The number of phenolic OH excluding ortho intramolecular Hbond substituents is 1. The standard InChI is InChI=1S/C15H15NO3/c1-10-6-7-13(14(17)8-10)16-15(18)11-4-3-5-12(9-11)19-2/h3-9,17H,1-2H3,(H,16,18). The highest BCUT2D eigenvalue weighted by atomic mass is 16.5. The Kier molecular flexibility index (Phi) is 3.71. The second kappa shape index (κ2) is 5.44. The molecule has 0 bridgehead atoms. The second-order valence-electron chi connectivity index (χ2n) is 4.21. The van der Waals surface area contributed by atoms with Crippen LogP contribution in [0, 0.1) is 6.92 Å². The lowest BCUT2D eigenvalue weighted by atomic mass is 10.1. The first-order valence-electron chi connectivity index (χ1n) is 5.85. The number of aromatic hydroxyl groups is 1. The number of rotatable bonds is 3. The van der Waals surface area contributed by atoms with Crippen molar-refractivity contribution in [2.24, 2.45) is 0 Å². The van der Waals surface area contributed by atoms with E-state index in [4.69, 9.17) is 4.74 Å². The monoisotopic (exact) mass is 257 g/mol. The number of hydrogen-bond donors (Lipinski definition) is 2. The molecule has 19 heavy (non-hydrogen) atoms. The van der Waals surface area contributed by atoms with E-state index < -0.39 is 0 Å². The van der Waals surface area contributed by atoms with Crippen molar-refractivity contribution in [3.63, 3.8) is 0 Å². The lowest BCUT2D eigenvalue weighted by Crippen LogP contribution is -2.12. The third kappa shape index (κ3) is 3.04. The van der Waals surface area contributed by atoms with Gasteiger partial charge in [0.05, 0.1) is 12.8 Å². The van der Waals surface area contributed by atoms with Crippen molar-refractivity contribution in [1.29, 1.82) is 0 Å². The van der Waals surface area contributed by atoms with E-state index in [1.54, 1.807) is 43.5 Å². The minimum atomic E-state index is -0.293. The van der Waals surface area contributed by atoms with E-state index in [-0.39, 0.29) is 11.7 Å². The lowest BCUT2D eigenvalue weighted by Gasteiger charge is -2.08. The van der Waals surface area contributed by atoms with Crippen molar-refractivity contribution in [3.05, 3.63) is 53.6 Å². The number of aryl methyl sites for hydroxylation is 1. The van der Waals surface area contributed by atoms with E-state index in [0.717, 1.165) is 5.56 Å². The molecule has 0 aliphatic carbocycles. The molecule has 0 spiro atoms. The maximum Gasteiger partial charge on any atom is 0.255 e. The molecule has 0 atom stereocenters. The predicted octanol–water partition coefficient (Wildman–Crippen LogP) is 2.96. The van der Waals surface area contributed by atoms with Crippen molar-refractivity contribution < 1.29 is 14.6 Å². The Bertz CT molecular complexity index is 608. The van der Waals surface area contributed by atoms with Crippen LogP contribution in [0.25, 0.3) is 0 Å². The van der Waals surface area contributed by atoms with Crippen LogP contribution in [0.4, 0.5) is 5.69 Å². The van der Waals surface area contributed by atoms with Crippen molar-refractivity contribution in [2.75, 3.05) is 12.4 Å². The fourth-order valence-corrected chi connectivity index (χ4v) is 1.71. The molecule has 2 aromatic rings. The molecule has 0 heterocycles. The van der Waals surface area contributed by atoms with E-state index in [0.29, 0.717) is 17.0 Å². The summed E-state index contributed by atoms with van der Waals surface area (Å²) in [6.45, 7) is 1.87. The zero-order valence-electron chi connectivity index (χ0n) is 10.8. The Labute approximate surface area is 111 Å². The highest BCUT2D eigenvalue weighted by molar-refractivity contribution is 6.05. The number of carbonyl (C=O) groups excluding carboxylic acids is 1. The van der Waals surface area contributed by atoms with Crippen molar-refractivity contribution in [3.8, 4) is 11.5 Å². The van der Waals surface area contributed by atoms with Crippen LogP contribution in [0.2, 0.25) is 0 Å². The average molecular weight is 257 g/mol. The summed E-state index contributed by atoms with van der Waals surface area (Å²) in [5.41, 5.74) is 1.79. The fraction of sp³-hybridized carbons (Fsp3) is 0.133. The molecule has 2 rings (SSSR count). The van der Waals surface area contributed by atoms with Crippen LogP contribution in [0.15, 0.2) is 42.5 Å². The van der Waals surface area contributed by atoms with Gasteiger partial charge in [-0.25, -0.2) is 0 Å². The molecule has 98 valence electrons. The SMILES string of the molecule is COc1cccc(C(=O)Nc2ccc(C)cc2O)c1. The zero-order chi connectivity index (χ0) is 13.8. The number of anilines is 1. The summed E-state index contributed by atoms with van der Waals surface area (Å²) in [6.07, 6.45) is 0. The van der Waals surface area contributed by atoms with E-state index in [2.05, 4.69) is 5.32 Å². The number of carbonyl (C=O) groups is 1. The quantitative estimate of drug-likeness (QED) is 0.831. The van der Waals surface area contributed by atoms with Crippen LogP contribution in [-0.4, -0.2) is 18.1 Å². The number of nitrogens with one attached hydrogen (secondary N) is 1. The molecule has 0 aliphatic rings. The zero-order valence-corrected chi connectivity index (χ0v) is 10.8. The summed E-state index contributed by atoms with van der Waals surface area (Å²) in [7, 11) is 1.54. The molecular weight excluding hydrogens is 242 g/mol. The van der Waals surface area contributed by atoms with E-state index in [1.165, 1.54) is 0 Å². The molecule has 2 N–H and O–H groups in total. The van der Waals surface area contributed by atoms with Gasteiger partial charge in [-0.3, -0.25) is 4.79 Å². The summed E-state index contributed by atoms with van der Waals surface area (Å²) in [6, 6.07) is 11.9. The molecule has 0 saturated carbocycles. The van der Waals surface area contributed by atoms with E-state index >= 15 is 0 Å². The highest BCUT2D eigenvalue weighted by Crippen LogP contribution is 2.24. The molecule has 0 fully saturated rings. The maximum absolute atomic E-state index is 12.0. The molecule has 0 aliphatic heterocycles. The smallest absolute Gasteiger partial charge is 0.255 e. The van der Waals surface area contributed by atoms with Gasteiger partial charge in [-0.1, -0.05) is 12.1 Å². The largest absolute Gasteiger partial charge is 0.506 e. The van der Waals surface area contributed by atoms with Crippen LogP contribution in [-0.2, 0) is 0 Å². The number of phenols is 1. The summed E-state index contributed by atoms with van der Waals surface area (Å²) in [5.74, 6) is 0.370. The molecule has 2 aromatic carbocycles. The third-order valence-corrected chi connectivity index (χ3v) is 2.73. The van der Waals surface area contributed by atoms with Crippen LogP contribution < -0.4 is 10.1 Å². The average Bonchev–Trinajstić information content (AvgIpc) is 2.42. The van der Waals surface area contributed by atoms with Gasteiger partial charge in [0, 0.05) is 5.56 Å². The van der Waals surface area contributed by atoms with Gasteiger partial charge in [0.2, 0.25) is 0 Å². The Balaban J connectivity index is 2.20. The Morgan fingerprint density at radius 2 is 2.00 bits per heavy atom. The number of ether oxygens (including phenoxy) is 1. The highest BCUT2D eigenvalue weighted by Gasteiger charge is 2.09. The number of hydrogen-bond acceptors (Lipinski definition) is 3. The number of methoxy groups -OCH3 is 1. The van der Waals surface area contributed by atoms with Crippen LogP contribution in [0.5, 0.6) is 11.5 Å². The van der Waals surface area contributed by atoms with E-state index in [1.807, 2.05) is 13.0 Å². The van der Waals surface area contributed by atoms with Gasteiger partial charge in [0.15, 0.2) is 0 Å². The van der Waals surface area contributed by atoms with Crippen molar-refractivity contribution >= 4 is 11.6 Å². The first-order valence-corrected chi connectivity index (χ1v) is 5.85.